The predicted molar refractivity (Wildman–Crippen MR) is 68.3 cm³/mol. The van der Waals surface area contributed by atoms with Crippen molar-refractivity contribution in [1.82, 2.24) is 10.3 Å². The van der Waals surface area contributed by atoms with Crippen molar-refractivity contribution in [2.24, 2.45) is 0 Å². The van der Waals surface area contributed by atoms with E-state index in [0.717, 1.165) is 22.2 Å². The molecule has 0 bridgehead atoms. The van der Waals surface area contributed by atoms with Crippen LogP contribution in [0.2, 0.25) is 0 Å². The standard InChI is InChI=1S/C14H13F3N2O/c15-14(16,17)13(20)18-8-5-6-10-9-3-1-2-4-11(9)19-12(10)7-8/h1-4,8,19H,5-7H2,(H,18,20). The maximum Gasteiger partial charge on any atom is 0.471 e. The van der Waals surface area contributed by atoms with Crippen molar-refractivity contribution in [3.8, 4) is 0 Å². The maximum absolute atomic E-state index is 12.2. The number of aromatic amines is 1. The molecule has 1 aliphatic rings. The minimum atomic E-state index is -4.82. The van der Waals surface area contributed by atoms with Gasteiger partial charge in [-0.25, -0.2) is 0 Å². The van der Waals surface area contributed by atoms with E-state index in [0.29, 0.717) is 19.3 Å². The molecule has 1 amide bonds. The molecule has 1 aromatic carbocycles. The number of nitrogens with one attached hydrogen (secondary N) is 2. The number of aryl methyl sites for hydroxylation is 1. The molecule has 2 N–H and O–H groups in total. The number of para-hydroxylation sites is 1. The third-order valence-corrected chi connectivity index (χ3v) is 3.69. The molecule has 0 radical (unpaired) electrons. The summed E-state index contributed by atoms with van der Waals surface area (Å²) in [7, 11) is 0. The number of carbonyl (C=O) groups is 1. The Hall–Kier alpha value is -1.98. The van der Waals surface area contributed by atoms with Crippen LogP contribution in [0.25, 0.3) is 10.9 Å². The zero-order chi connectivity index (χ0) is 14.3. The van der Waals surface area contributed by atoms with Crippen LogP contribution in [0.5, 0.6) is 0 Å². The highest BCUT2D eigenvalue weighted by molar-refractivity contribution is 5.85. The summed E-state index contributed by atoms with van der Waals surface area (Å²) in [6.45, 7) is 0. The second-order valence-electron chi connectivity index (χ2n) is 5.04. The van der Waals surface area contributed by atoms with E-state index in [9.17, 15) is 18.0 Å². The van der Waals surface area contributed by atoms with Crippen molar-refractivity contribution in [2.45, 2.75) is 31.5 Å². The zero-order valence-electron chi connectivity index (χ0n) is 10.6. The lowest BCUT2D eigenvalue weighted by atomic mass is 9.92. The third-order valence-electron chi connectivity index (χ3n) is 3.69. The number of rotatable bonds is 1. The van der Waals surface area contributed by atoms with Gasteiger partial charge < -0.3 is 10.3 Å². The summed E-state index contributed by atoms with van der Waals surface area (Å²) in [5, 5.41) is 3.17. The third kappa shape index (κ3) is 2.26. The molecule has 1 unspecified atom stereocenters. The van der Waals surface area contributed by atoms with Crippen molar-refractivity contribution in [3.05, 3.63) is 35.5 Å². The lowest BCUT2D eigenvalue weighted by Crippen LogP contribution is -2.45. The number of hydrogen-bond acceptors (Lipinski definition) is 1. The van der Waals surface area contributed by atoms with E-state index in [2.05, 4.69) is 10.3 Å². The van der Waals surface area contributed by atoms with Gasteiger partial charge in [0.2, 0.25) is 0 Å². The molecule has 20 heavy (non-hydrogen) atoms. The van der Waals surface area contributed by atoms with Gasteiger partial charge in [-0.15, -0.1) is 0 Å². The second kappa shape index (κ2) is 4.54. The monoisotopic (exact) mass is 282 g/mol. The lowest BCUT2D eigenvalue weighted by molar-refractivity contribution is -0.174. The molecule has 0 fully saturated rings. The molecule has 1 atom stereocenters. The Bertz CT molecular complexity index is 660. The molecule has 0 saturated heterocycles. The quantitative estimate of drug-likeness (QED) is 0.830. The number of aromatic nitrogens is 1. The number of alkyl halides is 3. The van der Waals surface area contributed by atoms with Gasteiger partial charge in [0, 0.05) is 29.1 Å². The first kappa shape index (κ1) is 13.0. The number of fused-ring (bicyclic) bond motifs is 3. The molecule has 1 aromatic heterocycles. The van der Waals surface area contributed by atoms with Gasteiger partial charge in [0.25, 0.3) is 0 Å². The van der Waals surface area contributed by atoms with Gasteiger partial charge in [0.1, 0.15) is 0 Å². The smallest absolute Gasteiger partial charge is 0.358 e. The SMILES string of the molecule is O=C(NC1CCc2c([nH]c3ccccc23)C1)C(F)(F)F. The summed E-state index contributed by atoms with van der Waals surface area (Å²) in [5.74, 6) is -1.86. The number of H-pyrrole nitrogens is 1. The Morgan fingerprint density at radius 1 is 1.30 bits per heavy atom. The Balaban J connectivity index is 1.81. The van der Waals surface area contributed by atoms with Crippen molar-refractivity contribution in [3.63, 3.8) is 0 Å². The van der Waals surface area contributed by atoms with Gasteiger partial charge in [0.05, 0.1) is 0 Å². The molecule has 1 aliphatic carbocycles. The molecule has 1 heterocycles. The highest BCUT2D eigenvalue weighted by atomic mass is 19.4. The van der Waals surface area contributed by atoms with Crippen LogP contribution in [0.15, 0.2) is 24.3 Å². The van der Waals surface area contributed by atoms with Crippen LogP contribution in [0, 0.1) is 0 Å². The summed E-state index contributed by atoms with van der Waals surface area (Å²) in [5.41, 5.74) is 3.06. The Kier molecular flexibility index (Phi) is 2.96. The first-order chi connectivity index (χ1) is 9.45. The van der Waals surface area contributed by atoms with Crippen molar-refractivity contribution in [2.75, 3.05) is 0 Å². The average Bonchev–Trinajstić information content (AvgIpc) is 2.75. The number of amides is 1. The average molecular weight is 282 g/mol. The molecular weight excluding hydrogens is 269 g/mol. The number of halogens is 3. The fourth-order valence-corrected chi connectivity index (χ4v) is 2.77. The van der Waals surface area contributed by atoms with Gasteiger partial charge in [-0.05, 0) is 24.5 Å². The van der Waals surface area contributed by atoms with Gasteiger partial charge in [-0.3, -0.25) is 4.79 Å². The number of hydrogen-bond donors (Lipinski definition) is 2. The van der Waals surface area contributed by atoms with E-state index in [1.165, 1.54) is 0 Å². The Morgan fingerprint density at radius 3 is 2.80 bits per heavy atom. The Morgan fingerprint density at radius 2 is 2.05 bits per heavy atom. The highest BCUT2D eigenvalue weighted by Gasteiger charge is 2.40. The van der Waals surface area contributed by atoms with E-state index in [-0.39, 0.29) is 0 Å². The topological polar surface area (TPSA) is 44.9 Å². The first-order valence-electron chi connectivity index (χ1n) is 6.41. The first-order valence-corrected chi connectivity index (χ1v) is 6.41. The maximum atomic E-state index is 12.2. The summed E-state index contributed by atoms with van der Waals surface area (Å²) in [6.07, 6.45) is -3.22. The van der Waals surface area contributed by atoms with Gasteiger partial charge >= 0.3 is 12.1 Å². The van der Waals surface area contributed by atoms with Crippen LogP contribution in [0.3, 0.4) is 0 Å². The van der Waals surface area contributed by atoms with E-state index >= 15 is 0 Å². The normalized spacial score (nSPS) is 18.9. The van der Waals surface area contributed by atoms with E-state index in [1.807, 2.05) is 24.3 Å². The molecule has 2 aromatic rings. The van der Waals surface area contributed by atoms with Gasteiger partial charge in [-0.2, -0.15) is 13.2 Å². The fraction of sp³-hybridized carbons (Fsp3) is 0.357. The van der Waals surface area contributed by atoms with Crippen LogP contribution < -0.4 is 5.32 Å². The zero-order valence-corrected chi connectivity index (χ0v) is 10.6. The van der Waals surface area contributed by atoms with E-state index in [4.69, 9.17) is 0 Å². The fourth-order valence-electron chi connectivity index (χ4n) is 2.77. The molecule has 0 saturated carbocycles. The minimum Gasteiger partial charge on any atom is -0.358 e. The van der Waals surface area contributed by atoms with Crippen LogP contribution >= 0.6 is 0 Å². The summed E-state index contributed by atoms with van der Waals surface area (Å²) >= 11 is 0. The highest BCUT2D eigenvalue weighted by Crippen LogP contribution is 2.29. The van der Waals surface area contributed by atoms with Crippen LogP contribution in [0.4, 0.5) is 13.2 Å². The predicted octanol–water partition coefficient (Wildman–Crippen LogP) is 2.70. The Labute approximate surface area is 113 Å². The van der Waals surface area contributed by atoms with Gasteiger partial charge in [-0.1, -0.05) is 18.2 Å². The van der Waals surface area contributed by atoms with Crippen LogP contribution in [0.1, 0.15) is 17.7 Å². The molecule has 106 valence electrons. The van der Waals surface area contributed by atoms with E-state index in [1.54, 1.807) is 0 Å². The number of carbonyl (C=O) groups excluding carboxylic acids is 1. The van der Waals surface area contributed by atoms with Crippen molar-refractivity contribution >= 4 is 16.8 Å². The number of benzene rings is 1. The van der Waals surface area contributed by atoms with Crippen LogP contribution in [-0.4, -0.2) is 23.1 Å². The van der Waals surface area contributed by atoms with Crippen molar-refractivity contribution in [1.29, 1.82) is 0 Å². The van der Waals surface area contributed by atoms with Crippen LogP contribution in [-0.2, 0) is 17.6 Å². The minimum absolute atomic E-state index is 0.409. The molecule has 3 rings (SSSR count). The summed E-state index contributed by atoms with van der Waals surface area (Å²) in [4.78, 5) is 14.2. The molecular formula is C14H13F3N2O. The second-order valence-corrected chi connectivity index (χ2v) is 5.04. The van der Waals surface area contributed by atoms with E-state index < -0.39 is 18.1 Å². The lowest BCUT2D eigenvalue weighted by Gasteiger charge is -2.24. The molecule has 3 nitrogen and oxygen atoms in total. The largest absolute Gasteiger partial charge is 0.471 e. The van der Waals surface area contributed by atoms with Crippen molar-refractivity contribution < 1.29 is 18.0 Å². The molecule has 0 spiro atoms. The van der Waals surface area contributed by atoms with Gasteiger partial charge in [0.15, 0.2) is 0 Å². The summed E-state index contributed by atoms with van der Waals surface area (Å²) in [6, 6.07) is 7.32. The summed E-state index contributed by atoms with van der Waals surface area (Å²) < 4.78 is 36.7. The molecule has 6 heteroatoms. The molecule has 0 aliphatic heterocycles.